The van der Waals surface area contributed by atoms with E-state index in [-0.39, 0.29) is 0 Å². The molecule has 1 aromatic carbocycles. The van der Waals surface area contributed by atoms with Crippen LogP contribution in [0.3, 0.4) is 0 Å². The zero-order chi connectivity index (χ0) is 14.2. The average Bonchev–Trinajstić information content (AvgIpc) is 2.48. The maximum absolute atomic E-state index is 5.67. The van der Waals surface area contributed by atoms with Crippen molar-refractivity contribution in [3.63, 3.8) is 0 Å². The highest BCUT2D eigenvalue weighted by Crippen LogP contribution is 2.15. The van der Waals surface area contributed by atoms with Crippen molar-refractivity contribution in [3.05, 3.63) is 53.7 Å². The number of aromatic nitrogens is 2. The van der Waals surface area contributed by atoms with E-state index in [2.05, 4.69) is 27.4 Å². The number of ether oxygens (including phenoxy) is 1. The van der Waals surface area contributed by atoms with Gasteiger partial charge in [0.15, 0.2) is 0 Å². The fraction of sp³-hybridized carbons (Fsp3) is 0.250. The molecule has 0 unspecified atom stereocenters. The Labute approximate surface area is 119 Å². The van der Waals surface area contributed by atoms with Crippen LogP contribution in [0.5, 0.6) is 5.88 Å². The molecule has 2 aromatic rings. The SMILES string of the molecule is CCNc1ncc(C)c(OC/C=C/c2ccccc2)n1. The summed E-state index contributed by atoms with van der Waals surface area (Å²) in [5.74, 6) is 1.22. The van der Waals surface area contributed by atoms with Crippen LogP contribution in [0.1, 0.15) is 18.1 Å². The first-order valence-corrected chi connectivity index (χ1v) is 6.71. The zero-order valence-electron chi connectivity index (χ0n) is 11.8. The van der Waals surface area contributed by atoms with Crippen LogP contribution >= 0.6 is 0 Å². The second-order valence-electron chi connectivity index (χ2n) is 4.34. The smallest absolute Gasteiger partial charge is 0.225 e. The molecule has 1 aromatic heterocycles. The second-order valence-corrected chi connectivity index (χ2v) is 4.34. The summed E-state index contributed by atoms with van der Waals surface area (Å²) in [5.41, 5.74) is 2.09. The minimum absolute atomic E-state index is 0.484. The summed E-state index contributed by atoms with van der Waals surface area (Å²) in [6.07, 6.45) is 5.77. The molecule has 0 saturated heterocycles. The minimum atomic E-state index is 0.484. The summed E-state index contributed by atoms with van der Waals surface area (Å²) >= 11 is 0. The zero-order valence-corrected chi connectivity index (χ0v) is 11.8. The lowest BCUT2D eigenvalue weighted by Crippen LogP contribution is -2.05. The quantitative estimate of drug-likeness (QED) is 0.874. The molecule has 0 aliphatic rings. The van der Waals surface area contributed by atoms with Crippen LogP contribution in [0.25, 0.3) is 6.08 Å². The molecule has 4 nitrogen and oxygen atoms in total. The molecule has 0 atom stereocenters. The van der Waals surface area contributed by atoms with Crippen LogP contribution < -0.4 is 10.1 Å². The highest BCUT2D eigenvalue weighted by molar-refractivity contribution is 5.48. The van der Waals surface area contributed by atoms with Gasteiger partial charge in [-0.2, -0.15) is 4.98 Å². The van der Waals surface area contributed by atoms with Gasteiger partial charge in [-0.1, -0.05) is 36.4 Å². The summed E-state index contributed by atoms with van der Waals surface area (Å²) in [5, 5.41) is 3.07. The Balaban J connectivity index is 1.93. The lowest BCUT2D eigenvalue weighted by atomic mass is 10.2. The third-order valence-corrected chi connectivity index (χ3v) is 2.69. The highest BCUT2D eigenvalue weighted by atomic mass is 16.5. The third-order valence-electron chi connectivity index (χ3n) is 2.69. The highest BCUT2D eigenvalue weighted by Gasteiger charge is 2.03. The Hall–Kier alpha value is -2.36. The van der Waals surface area contributed by atoms with Crippen molar-refractivity contribution in [1.82, 2.24) is 9.97 Å². The number of rotatable bonds is 6. The fourth-order valence-corrected chi connectivity index (χ4v) is 1.69. The van der Waals surface area contributed by atoms with E-state index in [1.165, 1.54) is 0 Å². The van der Waals surface area contributed by atoms with Crippen LogP contribution in [0.15, 0.2) is 42.6 Å². The van der Waals surface area contributed by atoms with E-state index in [0.717, 1.165) is 17.7 Å². The van der Waals surface area contributed by atoms with Crippen molar-refractivity contribution in [3.8, 4) is 5.88 Å². The first kappa shape index (κ1) is 14.1. The first-order valence-electron chi connectivity index (χ1n) is 6.71. The van der Waals surface area contributed by atoms with E-state index < -0.39 is 0 Å². The van der Waals surface area contributed by atoms with E-state index >= 15 is 0 Å². The summed E-state index contributed by atoms with van der Waals surface area (Å²) in [7, 11) is 0. The maximum atomic E-state index is 5.67. The number of benzene rings is 1. The largest absolute Gasteiger partial charge is 0.473 e. The van der Waals surface area contributed by atoms with E-state index in [1.54, 1.807) is 6.20 Å². The molecule has 0 spiro atoms. The Bertz CT molecular complexity index is 567. The van der Waals surface area contributed by atoms with Gasteiger partial charge in [0.05, 0.1) is 0 Å². The Morgan fingerprint density at radius 2 is 2.05 bits per heavy atom. The lowest BCUT2D eigenvalue weighted by molar-refractivity contribution is 0.346. The maximum Gasteiger partial charge on any atom is 0.225 e. The summed E-state index contributed by atoms with van der Waals surface area (Å²) in [6.45, 7) is 5.22. The predicted octanol–water partition coefficient (Wildman–Crippen LogP) is 3.31. The predicted molar refractivity (Wildman–Crippen MR) is 81.9 cm³/mol. The molecule has 0 aliphatic heterocycles. The van der Waals surface area contributed by atoms with Crippen molar-refractivity contribution >= 4 is 12.0 Å². The number of hydrogen-bond acceptors (Lipinski definition) is 4. The summed E-state index contributed by atoms with van der Waals surface area (Å²) in [6, 6.07) is 10.1. The van der Waals surface area contributed by atoms with Crippen LogP contribution in [-0.4, -0.2) is 23.1 Å². The van der Waals surface area contributed by atoms with Crippen molar-refractivity contribution in [2.24, 2.45) is 0 Å². The molecule has 0 fully saturated rings. The Kier molecular flexibility index (Phi) is 5.12. The number of nitrogens with zero attached hydrogens (tertiary/aromatic N) is 2. The molecule has 0 bridgehead atoms. The Morgan fingerprint density at radius 3 is 2.80 bits per heavy atom. The first-order chi connectivity index (χ1) is 9.79. The van der Waals surface area contributed by atoms with Crippen LogP contribution in [0, 0.1) is 6.92 Å². The van der Waals surface area contributed by atoms with E-state index in [1.807, 2.05) is 44.2 Å². The molecule has 20 heavy (non-hydrogen) atoms. The number of nitrogens with one attached hydrogen (secondary N) is 1. The van der Waals surface area contributed by atoms with Crippen LogP contribution in [0.2, 0.25) is 0 Å². The van der Waals surface area contributed by atoms with Gasteiger partial charge in [-0.05, 0) is 25.5 Å². The van der Waals surface area contributed by atoms with Crippen molar-refractivity contribution < 1.29 is 4.74 Å². The van der Waals surface area contributed by atoms with Gasteiger partial charge in [-0.25, -0.2) is 4.98 Å². The summed E-state index contributed by atoms with van der Waals surface area (Å²) < 4.78 is 5.67. The van der Waals surface area contributed by atoms with Gasteiger partial charge in [0.25, 0.3) is 0 Å². The van der Waals surface area contributed by atoms with Gasteiger partial charge in [0.2, 0.25) is 11.8 Å². The molecule has 0 radical (unpaired) electrons. The minimum Gasteiger partial charge on any atom is -0.473 e. The van der Waals surface area contributed by atoms with E-state index in [0.29, 0.717) is 18.4 Å². The molecule has 2 rings (SSSR count). The Morgan fingerprint density at radius 1 is 1.25 bits per heavy atom. The molecular weight excluding hydrogens is 250 g/mol. The van der Waals surface area contributed by atoms with Crippen LogP contribution in [-0.2, 0) is 0 Å². The van der Waals surface area contributed by atoms with Crippen molar-refractivity contribution in [2.45, 2.75) is 13.8 Å². The molecule has 1 N–H and O–H groups in total. The number of anilines is 1. The molecule has 0 saturated carbocycles. The average molecular weight is 269 g/mol. The van der Waals surface area contributed by atoms with Gasteiger partial charge >= 0.3 is 0 Å². The summed E-state index contributed by atoms with van der Waals surface area (Å²) in [4.78, 5) is 8.51. The van der Waals surface area contributed by atoms with Gasteiger partial charge in [0, 0.05) is 18.3 Å². The standard InChI is InChI=1S/C16H19N3O/c1-3-17-16-18-12-13(2)15(19-16)20-11-7-10-14-8-5-4-6-9-14/h4-10,12H,3,11H2,1-2H3,(H,17,18,19)/b10-7+. The van der Waals surface area contributed by atoms with Gasteiger partial charge in [-0.15, -0.1) is 0 Å². The van der Waals surface area contributed by atoms with Gasteiger partial charge in [0.1, 0.15) is 6.61 Å². The molecule has 0 amide bonds. The van der Waals surface area contributed by atoms with Crippen molar-refractivity contribution in [1.29, 1.82) is 0 Å². The topological polar surface area (TPSA) is 47.0 Å². The third kappa shape index (κ3) is 4.09. The molecular formula is C16H19N3O. The molecule has 4 heteroatoms. The fourth-order valence-electron chi connectivity index (χ4n) is 1.69. The van der Waals surface area contributed by atoms with Gasteiger partial charge in [-0.3, -0.25) is 0 Å². The molecule has 104 valence electrons. The molecule has 1 heterocycles. The molecule has 0 aliphatic carbocycles. The van der Waals surface area contributed by atoms with E-state index in [9.17, 15) is 0 Å². The second kappa shape index (κ2) is 7.28. The van der Waals surface area contributed by atoms with Gasteiger partial charge < -0.3 is 10.1 Å². The lowest BCUT2D eigenvalue weighted by Gasteiger charge is -2.07. The van der Waals surface area contributed by atoms with Crippen molar-refractivity contribution in [2.75, 3.05) is 18.5 Å². The van der Waals surface area contributed by atoms with Crippen LogP contribution in [0.4, 0.5) is 5.95 Å². The number of hydrogen-bond donors (Lipinski definition) is 1. The normalized spacial score (nSPS) is 10.7. The van der Waals surface area contributed by atoms with E-state index in [4.69, 9.17) is 4.74 Å². The monoisotopic (exact) mass is 269 g/mol. The number of aryl methyl sites for hydroxylation is 1.